The van der Waals surface area contributed by atoms with Crippen LogP contribution in [-0.2, 0) is 0 Å². The number of nitrogens with zero attached hydrogens (tertiary/aromatic N) is 6. The van der Waals surface area contributed by atoms with Gasteiger partial charge in [0.05, 0.1) is 79.3 Å². The van der Waals surface area contributed by atoms with Crippen LogP contribution in [0.3, 0.4) is 0 Å². The molecular formula is C89H46BBr2FN6O10. The van der Waals surface area contributed by atoms with Gasteiger partial charge >= 0.3 is 7.12 Å². The van der Waals surface area contributed by atoms with E-state index in [9.17, 15) is 38.4 Å². The van der Waals surface area contributed by atoms with Gasteiger partial charge in [-0.3, -0.25) is 43.1 Å². The van der Waals surface area contributed by atoms with E-state index in [1.165, 1.54) is 12.1 Å². The van der Waals surface area contributed by atoms with Crippen LogP contribution in [0.15, 0.2) is 290 Å². The van der Waals surface area contributed by atoms with Crippen LogP contribution in [0.1, 0.15) is 5.56 Å². The van der Waals surface area contributed by atoms with Gasteiger partial charge in [0.25, 0.3) is 0 Å². The minimum absolute atomic E-state index is 0. The van der Waals surface area contributed by atoms with Gasteiger partial charge in [0, 0.05) is 95.1 Å². The first-order chi connectivity index (χ1) is 52.4. The number of benzene rings is 13. The number of aryl methyl sites for hydroxylation is 1. The summed E-state index contributed by atoms with van der Waals surface area (Å²) >= 11 is 6.98. The fraction of sp³-hybridized carbons (Fsp3) is 0.0112. The lowest BCUT2D eigenvalue weighted by atomic mass is 9.80. The molecule has 13 aromatic carbocycles. The molecule has 0 spiro atoms. The molecule has 21 rings (SSSR count). The average molecular weight is 1550 g/mol. The van der Waals surface area contributed by atoms with Crippen molar-refractivity contribution in [2.24, 2.45) is 0 Å². The van der Waals surface area contributed by atoms with E-state index in [0.717, 1.165) is 22.3 Å². The van der Waals surface area contributed by atoms with Crippen molar-refractivity contribution >= 4 is 208 Å². The standard InChI is InChI=1S/C48H25N3O4.C34H14Br2N2O4.C7H6BNO2.FH/c1-25-11-13-26(14-12-25)28-19-35-43-37(21-28)47(54)33-23-34-42(24-41(33)50(43)39-9-5-3-7-31(39)45(35)52)51-40-10-6-4-8-32(40)46(53)36-20-29(22-38(44(36)51)48(34)55)27-15-17-30(49-2)18-16-27;35-15-9-21-29-23(11-15)33(41)19-13-20-28(14-27(19)37(29)25-7-3-1-5-17(25)31(21)39)38-26-8-4-2-6-18(26)32(40)22-10-16(36)12-24(30(22)38)34(20)42;1-9-7-4-2-6(3-5-7)8(10)11;/h3-24H,1H3;1-14H;2-5,10-11H;1H. The van der Waals surface area contributed by atoms with Gasteiger partial charge in [-0.2, -0.15) is 0 Å². The van der Waals surface area contributed by atoms with Crippen molar-refractivity contribution < 1.29 is 14.8 Å². The summed E-state index contributed by atoms with van der Waals surface area (Å²) in [4.78, 5) is 120. The number of rotatable bonds is 3. The third-order valence-corrected chi connectivity index (χ3v) is 21.9. The number of pyridine rings is 8. The van der Waals surface area contributed by atoms with E-state index in [-0.39, 0.29) is 48.1 Å². The summed E-state index contributed by atoms with van der Waals surface area (Å²) in [6.45, 7) is 16.0. The number of aromatic nitrogens is 4. The quantitative estimate of drug-likeness (QED) is 0.0741. The maximum Gasteiger partial charge on any atom is 0.488 e. The molecule has 8 heterocycles. The van der Waals surface area contributed by atoms with Crippen molar-refractivity contribution in [3.8, 4) is 22.3 Å². The van der Waals surface area contributed by atoms with E-state index >= 15 is 0 Å². The van der Waals surface area contributed by atoms with E-state index < -0.39 is 7.12 Å². The molecule has 20 heteroatoms. The average Bonchev–Trinajstić information content (AvgIpc) is 0.698. The zero-order valence-corrected chi connectivity index (χ0v) is 59.9. The minimum Gasteiger partial charge on any atom is -0.423 e. The van der Waals surface area contributed by atoms with Crippen LogP contribution in [-0.4, -0.2) is 34.8 Å². The molecule has 0 bridgehead atoms. The summed E-state index contributed by atoms with van der Waals surface area (Å²) in [5, 5.41) is 23.9. The summed E-state index contributed by atoms with van der Waals surface area (Å²) in [6, 6.07) is 71.9. The lowest BCUT2D eigenvalue weighted by Crippen LogP contribution is -2.29. The van der Waals surface area contributed by atoms with Crippen LogP contribution in [0.4, 0.5) is 16.1 Å². The Bertz CT molecular complexity index is 8100. The fourth-order valence-corrected chi connectivity index (χ4v) is 17.0. The Morgan fingerprint density at radius 1 is 0.284 bits per heavy atom. The van der Waals surface area contributed by atoms with Gasteiger partial charge in [0.15, 0.2) is 54.8 Å². The van der Waals surface area contributed by atoms with Crippen molar-refractivity contribution in [1.29, 1.82) is 0 Å². The number of hydrogen-bond donors (Lipinski definition) is 2. The number of halogens is 3. The molecule has 109 heavy (non-hydrogen) atoms. The van der Waals surface area contributed by atoms with E-state index in [0.29, 0.717) is 184 Å². The third-order valence-electron chi connectivity index (χ3n) is 21.0. The maximum atomic E-state index is 14.9. The van der Waals surface area contributed by atoms with Crippen molar-refractivity contribution in [3.63, 3.8) is 0 Å². The summed E-state index contributed by atoms with van der Waals surface area (Å²) in [7, 11) is -1.45. The topological polar surface area (TPSA) is 203 Å². The SMILES string of the molecule is F.O=c1c2ccccc2n2c3cc4c(cc3c(=O)c3cc(Br)cc1c32)c(=O)c1cc(Br)cc2c(=O)c3ccccc3n4c21.[C-]#[N+]c1ccc(-c2cc3c(=O)c4ccccc4n4c5cc6c(cc5c(=O)c(c2)c34)c(=O)c2cc(-c3ccc(C)cc3)cc3c(=O)c4ccccc4n6c32)cc1.[C-]#[N+]c1ccc(B(O)O)cc1. The Hall–Kier alpha value is -13.7. The van der Waals surface area contributed by atoms with Crippen LogP contribution in [0, 0.1) is 20.1 Å². The second kappa shape index (κ2) is 25.0. The summed E-state index contributed by atoms with van der Waals surface area (Å²) in [5.74, 6) is 0. The first kappa shape index (κ1) is 67.2. The molecule has 0 aliphatic heterocycles. The molecule has 0 radical (unpaired) electrons. The molecule has 0 atom stereocenters. The molecule has 0 saturated carbocycles. The number of fused-ring (bicyclic) bond motifs is 16. The minimum atomic E-state index is -1.45. The lowest BCUT2D eigenvalue weighted by Gasteiger charge is -2.19. The van der Waals surface area contributed by atoms with Crippen LogP contribution in [0.25, 0.3) is 184 Å². The first-order valence-corrected chi connectivity index (χ1v) is 35.7. The Labute approximate surface area is 627 Å². The number of hydrogen-bond acceptors (Lipinski definition) is 10. The smallest absolute Gasteiger partial charge is 0.423 e. The Morgan fingerprint density at radius 3 is 0.807 bits per heavy atom. The second-order valence-corrected chi connectivity index (χ2v) is 28.8. The van der Waals surface area contributed by atoms with E-state index in [2.05, 4.69) is 41.5 Å². The molecule has 516 valence electrons. The zero-order valence-electron chi connectivity index (χ0n) is 56.7. The molecular weight excluding hydrogens is 1500 g/mol. The van der Waals surface area contributed by atoms with Gasteiger partial charge in [0.2, 0.25) is 0 Å². The van der Waals surface area contributed by atoms with Crippen molar-refractivity contribution in [2.75, 3.05) is 0 Å². The van der Waals surface area contributed by atoms with E-state index in [1.54, 1.807) is 91.0 Å². The highest BCUT2D eigenvalue weighted by Gasteiger charge is 2.27. The predicted molar refractivity (Wildman–Crippen MR) is 444 cm³/mol. The van der Waals surface area contributed by atoms with Gasteiger partial charge in [0.1, 0.15) is 0 Å². The first-order valence-electron chi connectivity index (χ1n) is 34.1. The monoisotopic (exact) mass is 1550 g/mol. The molecule has 0 amide bonds. The van der Waals surface area contributed by atoms with Crippen LogP contribution in [0.2, 0.25) is 0 Å². The van der Waals surface area contributed by atoms with E-state index in [4.69, 9.17) is 23.2 Å². The highest BCUT2D eigenvalue weighted by Crippen LogP contribution is 2.39. The highest BCUT2D eigenvalue weighted by atomic mass is 79.9. The van der Waals surface area contributed by atoms with Gasteiger partial charge in [-0.15, -0.1) is 0 Å². The molecule has 0 fully saturated rings. The predicted octanol–water partition coefficient (Wildman–Crippen LogP) is 16.6. The zero-order chi connectivity index (χ0) is 74.1. The molecule has 0 aliphatic rings. The Balaban J connectivity index is 0.000000137. The van der Waals surface area contributed by atoms with Gasteiger partial charge < -0.3 is 27.7 Å². The lowest BCUT2D eigenvalue weighted by molar-refractivity contribution is 0.426. The molecule has 8 aromatic heterocycles. The van der Waals surface area contributed by atoms with Crippen LogP contribution < -0.4 is 48.9 Å². The summed E-state index contributed by atoms with van der Waals surface area (Å²) in [5.41, 5.74) is 10.6. The highest BCUT2D eigenvalue weighted by molar-refractivity contribution is 9.10. The molecule has 16 nitrogen and oxygen atoms in total. The molecule has 0 aliphatic carbocycles. The summed E-state index contributed by atoms with van der Waals surface area (Å²) in [6.07, 6.45) is 0. The van der Waals surface area contributed by atoms with Crippen LogP contribution >= 0.6 is 31.9 Å². The van der Waals surface area contributed by atoms with Crippen LogP contribution in [0.5, 0.6) is 0 Å². The number of para-hydroxylation sites is 4. The molecule has 2 N–H and O–H groups in total. The Kier molecular flexibility index (Phi) is 15.4. The van der Waals surface area contributed by atoms with Gasteiger partial charge in [-0.05, 0) is 156 Å². The normalized spacial score (nSPS) is 11.7. The van der Waals surface area contributed by atoms with Gasteiger partial charge in [-0.1, -0.05) is 159 Å². The summed E-state index contributed by atoms with van der Waals surface area (Å²) < 4.78 is 9.09. The largest absolute Gasteiger partial charge is 0.488 e. The van der Waals surface area contributed by atoms with Crippen molar-refractivity contribution in [3.05, 3.63) is 362 Å². The third kappa shape index (κ3) is 9.93. The van der Waals surface area contributed by atoms with Gasteiger partial charge in [-0.25, -0.2) is 9.69 Å². The second-order valence-electron chi connectivity index (χ2n) is 27.0. The maximum absolute atomic E-state index is 14.9. The van der Waals surface area contributed by atoms with Crippen molar-refractivity contribution in [1.82, 2.24) is 17.6 Å². The molecule has 0 saturated heterocycles. The molecule has 21 aromatic rings. The van der Waals surface area contributed by atoms with E-state index in [1.807, 2.05) is 164 Å². The Morgan fingerprint density at radius 2 is 0.532 bits per heavy atom. The van der Waals surface area contributed by atoms with Crippen molar-refractivity contribution in [2.45, 2.75) is 6.92 Å². The molecule has 0 unspecified atom stereocenters. The fourth-order valence-electron chi connectivity index (χ4n) is 16.1.